The van der Waals surface area contributed by atoms with E-state index < -0.39 is 9.84 Å². The molecule has 4 heteroatoms. The minimum atomic E-state index is -2.91. The summed E-state index contributed by atoms with van der Waals surface area (Å²) < 4.78 is 23.6. The summed E-state index contributed by atoms with van der Waals surface area (Å²) in [7, 11) is -2.91. The van der Waals surface area contributed by atoms with Crippen LogP contribution in [0.4, 0.5) is 0 Å². The van der Waals surface area contributed by atoms with Crippen molar-refractivity contribution in [1.82, 2.24) is 4.90 Å². The van der Waals surface area contributed by atoms with Crippen LogP contribution in [-0.2, 0) is 15.3 Å². The molecule has 0 N–H and O–H groups in total. The van der Waals surface area contributed by atoms with Gasteiger partial charge in [0.15, 0.2) is 9.84 Å². The molecule has 1 atom stereocenters. The zero-order valence-corrected chi connectivity index (χ0v) is 13.6. The Labute approximate surface area is 128 Å². The molecule has 0 amide bonds. The molecular weight excluding hydrogens is 282 g/mol. The van der Waals surface area contributed by atoms with E-state index in [0.29, 0.717) is 6.54 Å². The van der Waals surface area contributed by atoms with Gasteiger partial charge in [-0.1, -0.05) is 36.8 Å². The number of nitrogens with zero attached hydrogens (tertiary/aromatic N) is 1. The average Bonchev–Trinajstić information content (AvgIpc) is 2.43. The van der Waals surface area contributed by atoms with Gasteiger partial charge in [0.2, 0.25) is 0 Å². The molecule has 2 fully saturated rings. The quantitative estimate of drug-likeness (QED) is 0.858. The molecule has 1 aromatic rings. The molecule has 3 nitrogen and oxygen atoms in total. The molecule has 116 valence electrons. The summed E-state index contributed by atoms with van der Waals surface area (Å²) in [5, 5.41) is -0.167. The van der Waals surface area contributed by atoms with Crippen LogP contribution in [0.15, 0.2) is 30.3 Å². The van der Waals surface area contributed by atoms with Crippen molar-refractivity contribution in [2.45, 2.75) is 42.8 Å². The third-order valence-corrected chi connectivity index (χ3v) is 6.89. The zero-order valence-electron chi connectivity index (χ0n) is 12.8. The summed E-state index contributed by atoms with van der Waals surface area (Å²) in [5.41, 5.74) is 1.69. The Hall–Kier alpha value is -0.870. The molecule has 3 rings (SSSR count). The minimum Gasteiger partial charge on any atom is -0.301 e. The fraction of sp³-hybridized carbons (Fsp3) is 0.647. The van der Waals surface area contributed by atoms with E-state index in [-0.39, 0.29) is 10.7 Å². The molecule has 2 aliphatic rings. The van der Waals surface area contributed by atoms with Gasteiger partial charge >= 0.3 is 0 Å². The van der Waals surface area contributed by atoms with E-state index in [1.807, 2.05) is 0 Å². The van der Waals surface area contributed by atoms with Gasteiger partial charge in [-0.3, -0.25) is 0 Å². The van der Waals surface area contributed by atoms with Gasteiger partial charge in [-0.05, 0) is 37.8 Å². The van der Waals surface area contributed by atoms with Crippen LogP contribution in [0.25, 0.3) is 0 Å². The molecule has 1 aliphatic carbocycles. The highest BCUT2D eigenvalue weighted by atomic mass is 32.2. The number of hydrogen-bond acceptors (Lipinski definition) is 3. The van der Waals surface area contributed by atoms with Crippen LogP contribution in [0.2, 0.25) is 0 Å². The predicted molar refractivity (Wildman–Crippen MR) is 86.3 cm³/mol. The largest absolute Gasteiger partial charge is 0.301 e. The minimum absolute atomic E-state index is 0.167. The van der Waals surface area contributed by atoms with E-state index in [4.69, 9.17) is 0 Å². The fourth-order valence-electron chi connectivity index (χ4n) is 3.87. The molecule has 1 unspecified atom stereocenters. The Morgan fingerprint density at radius 3 is 2.48 bits per heavy atom. The summed E-state index contributed by atoms with van der Waals surface area (Å²) in [5.74, 6) is 0. The van der Waals surface area contributed by atoms with Crippen molar-refractivity contribution in [1.29, 1.82) is 0 Å². The second kappa shape index (κ2) is 5.73. The lowest BCUT2D eigenvalue weighted by Crippen LogP contribution is -2.50. The maximum Gasteiger partial charge on any atom is 0.151 e. The van der Waals surface area contributed by atoms with E-state index in [1.165, 1.54) is 31.1 Å². The molecule has 0 radical (unpaired) electrons. The SMILES string of the molecule is CS(=O)(=O)C1CCCN(CC2(c3ccccc3)CCC2)C1. The molecule has 1 saturated heterocycles. The van der Waals surface area contributed by atoms with Crippen LogP contribution in [0.1, 0.15) is 37.7 Å². The highest BCUT2D eigenvalue weighted by molar-refractivity contribution is 7.91. The van der Waals surface area contributed by atoms with Gasteiger partial charge < -0.3 is 4.90 Å². The fourth-order valence-corrected chi connectivity index (χ4v) is 4.94. The second-order valence-electron chi connectivity index (χ2n) is 6.83. The third-order valence-electron chi connectivity index (χ3n) is 5.29. The maximum absolute atomic E-state index is 11.8. The standard InChI is InChI=1S/C17H25NO2S/c1-21(19,20)16-9-5-12-18(13-16)14-17(10-6-11-17)15-7-3-2-4-8-15/h2-4,7-8,16H,5-6,9-14H2,1H3. The van der Waals surface area contributed by atoms with Crippen LogP contribution < -0.4 is 0 Å². The third kappa shape index (κ3) is 3.16. The lowest BCUT2D eigenvalue weighted by molar-refractivity contribution is 0.124. The lowest BCUT2D eigenvalue weighted by Gasteiger charge is -2.47. The predicted octanol–water partition coefficient (Wildman–Crippen LogP) is 2.62. The molecule has 1 aromatic carbocycles. The summed E-state index contributed by atoms with van der Waals surface area (Å²) in [6.45, 7) is 2.77. The van der Waals surface area contributed by atoms with Crippen LogP contribution in [0.3, 0.4) is 0 Å². The van der Waals surface area contributed by atoms with Gasteiger partial charge in [0, 0.05) is 24.8 Å². The molecule has 1 heterocycles. The van der Waals surface area contributed by atoms with Crippen molar-refractivity contribution in [3.63, 3.8) is 0 Å². The Morgan fingerprint density at radius 2 is 1.90 bits per heavy atom. The van der Waals surface area contributed by atoms with Gasteiger partial charge in [-0.25, -0.2) is 8.42 Å². The molecule has 0 bridgehead atoms. The van der Waals surface area contributed by atoms with Gasteiger partial charge in [-0.2, -0.15) is 0 Å². The maximum atomic E-state index is 11.8. The Kier molecular flexibility index (Phi) is 4.10. The number of rotatable bonds is 4. The van der Waals surface area contributed by atoms with E-state index in [9.17, 15) is 8.42 Å². The average molecular weight is 307 g/mol. The summed E-state index contributed by atoms with van der Waals surface area (Å²) in [6, 6.07) is 10.8. The van der Waals surface area contributed by atoms with Gasteiger partial charge in [-0.15, -0.1) is 0 Å². The van der Waals surface area contributed by atoms with Gasteiger partial charge in [0.1, 0.15) is 0 Å². The van der Waals surface area contributed by atoms with Crippen molar-refractivity contribution in [2.75, 3.05) is 25.9 Å². The van der Waals surface area contributed by atoms with Crippen molar-refractivity contribution in [2.24, 2.45) is 0 Å². The highest BCUT2D eigenvalue weighted by Gasteiger charge is 2.41. The van der Waals surface area contributed by atoms with Gasteiger partial charge in [0.25, 0.3) is 0 Å². The highest BCUT2D eigenvalue weighted by Crippen LogP contribution is 2.44. The van der Waals surface area contributed by atoms with E-state index in [2.05, 4.69) is 35.2 Å². The molecule has 21 heavy (non-hydrogen) atoms. The number of likely N-dealkylation sites (tertiary alicyclic amines) is 1. The normalized spacial score (nSPS) is 26.2. The first-order valence-corrected chi connectivity index (χ1v) is 9.92. The van der Waals surface area contributed by atoms with Crippen LogP contribution >= 0.6 is 0 Å². The number of hydrogen-bond donors (Lipinski definition) is 0. The van der Waals surface area contributed by atoms with E-state index in [1.54, 1.807) is 0 Å². The Morgan fingerprint density at radius 1 is 1.19 bits per heavy atom. The monoisotopic (exact) mass is 307 g/mol. The van der Waals surface area contributed by atoms with Crippen molar-refractivity contribution in [3.8, 4) is 0 Å². The number of piperidine rings is 1. The second-order valence-corrected chi connectivity index (χ2v) is 9.15. The number of benzene rings is 1. The van der Waals surface area contributed by atoms with Crippen LogP contribution in [0.5, 0.6) is 0 Å². The van der Waals surface area contributed by atoms with Crippen molar-refractivity contribution in [3.05, 3.63) is 35.9 Å². The smallest absolute Gasteiger partial charge is 0.151 e. The zero-order chi connectivity index (χ0) is 14.9. The van der Waals surface area contributed by atoms with Crippen molar-refractivity contribution >= 4 is 9.84 Å². The first kappa shape index (κ1) is 15.0. The molecular formula is C17H25NO2S. The lowest BCUT2D eigenvalue weighted by atomic mass is 9.64. The summed E-state index contributed by atoms with van der Waals surface area (Å²) >= 11 is 0. The summed E-state index contributed by atoms with van der Waals surface area (Å²) in [6.07, 6.45) is 6.97. The van der Waals surface area contributed by atoms with Crippen LogP contribution in [-0.4, -0.2) is 44.5 Å². The topological polar surface area (TPSA) is 37.4 Å². The molecule has 0 aromatic heterocycles. The van der Waals surface area contributed by atoms with Crippen LogP contribution in [0, 0.1) is 0 Å². The van der Waals surface area contributed by atoms with E-state index >= 15 is 0 Å². The van der Waals surface area contributed by atoms with Gasteiger partial charge in [0.05, 0.1) is 5.25 Å². The first-order chi connectivity index (χ1) is 10.00. The first-order valence-electron chi connectivity index (χ1n) is 7.96. The van der Waals surface area contributed by atoms with E-state index in [0.717, 1.165) is 25.9 Å². The summed E-state index contributed by atoms with van der Waals surface area (Å²) in [4.78, 5) is 2.39. The number of sulfone groups is 1. The Bertz CT molecular complexity index is 578. The Balaban J connectivity index is 1.73. The van der Waals surface area contributed by atoms with Crippen molar-refractivity contribution < 1.29 is 8.42 Å². The molecule has 0 spiro atoms. The molecule has 1 saturated carbocycles. The molecule has 1 aliphatic heterocycles.